The fourth-order valence-electron chi connectivity index (χ4n) is 2.51. The van der Waals surface area contributed by atoms with E-state index in [1.807, 2.05) is 0 Å². The Morgan fingerprint density at radius 2 is 2.05 bits per heavy atom. The zero-order valence-electron chi connectivity index (χ0n) is 11.3. The Morgan fingerprint density at radius 1 is 1.45 bits per heavy atom. The molecule has 0 aliphatic heterocycles. The summed E-state index contributed by atoms with van der Waals surface area (Å²) >= 11 is 0. The Morgan fingerprint density at radius 3 is 2.50 bits per heavy atom. The van der Waals surface area contributed by atoms with E-state index >= 15 is 0 Å². The number of carbonyl (C=O) groups is 1. The van der Waals surface area contributed by atoms with Crippen molar-refractivity contribution in [2.24, 2.45) is 16.3 Å². The minimum atomic E-state index is -0.871. The quantitative estimate of drug-likeness (QED) is 0.381. The van der Waals surface area contributed by atoms with Gasteiger partial charge in [-0.15, -0.1) is 0 Å². The minimum Gasteiger partial charge on any atom is -0.409 e. The number of hydrogen-bond acceptors (Lipinski definition) is 3. The molecule has 1 saturated carbocycles. The molecule has 1 fully saturated rings. The maximum atomic E-state index is 12.8. The molecule has 20 heavy (non-hydrogen) atoms. The van der Waals surface area contributed by atoms with Crippen molar-refractivity contribution in [3.63, 3.8) is 0 Å². The third-order valence-electron chi connectivity index (χ3n) is 3.89. The second-order valence-corrected chi connectivity index (χ2v) is 5.21. The van der Waals surface area contributed by atoms with Crippen molar-refractivity contribution in [3.8, 4) is 0 Å². The molecule has 1 aliphatic carbocycles. The standard InChI is InChI=1S/C14H18FN3O2/c1-18(9-10-3-5-11(15)6-4-10)13(19)14(7-2-8-14)12(16)17-20/h3-6,20H,2,7-9H2,1H3,(H2,16,17). The van der Waals surface area contributed by atoms with Crippen molar-refractivity contribution in [2.75, 3.05) is 7.05 Å². The zero-order valence-corrected chi connectivity index (χ0v) is 11.3. The predicted molar refractivity (Wildman–Crippen MR) is 72.6 cm³/mol. The number of nitrogens with zero attached hydrogens (tertiary/aromatic N) is 2. The summed E-state index contributed by atoms with van der Waals surface area (Å²) in [5, 5.41) is 11.8. The first-order valence-electron chi connectivity index (χ1n) is 6.47. The van der Waals surface area contributed by atoms with Crippen LogP contribution in [-0.4, -0.2) is 28.9 Å². The molecule has 0 heterocycles. The van der Waals surface area contributed by atoms with Crippen molar-refractivity contribution in [1.82, 2.24) is 4.90 Å². The van der Waals surface area contributed by atoms with E-state index in [1.54, 1.807) is 19.2 Å². The molecule has 0 atom stereocenters. The number of amides is 1. The maximum absolute atomic E-state index is 12.8. The normalized spacial score (nSPS) is 17.4. The zero-order chi connectivity index (χ0) is 14.8. The number of rotatable bonds is 4. The van der Waals surface area contributed by atoms with E-state index in [0.717, 1.165) is 12.0 Å². The second-order valence-electron chi connectivity index (χ2n) is 5.21. The van der Waals surface area contributed by atoms with Crippen LogP contribution in [-0.2, 0) is 11.3 Å². The van der Waals surface area contributed by atoms with Gasteiger partial charge in [-0.25, -0.2) is 4.39 Å². The second kappa shape index (κ2) is 5.48. The molecule has 5 nitrogen and oxygen atoms in total. The number of carbonyl (C=O) groups excluding carboxylic acids is 1. The molecule has 0 spiro atoms. The van der Waals surface area contributed by atoms with Crippen LogP contribution in [0.15, 0.2) is 29.4 Å². The first kappa shape index (κ1) is 14.3. The van der Waals surface area contributed by atoms with Gasteiger partial charge in [0.15, 0.2) is 5.84 Å². The fourth-order valence-corrected chi connectivity index (χ4v) is 2.51. The first-order valence-corrected chi connectivity index (χ1v) is 6.47. The molecular weight excluding hydrogens is 261 g/mol. The number of nitrogens with two attached hydrogens (primary N) is 1. The highest BCUT2D eigenvalue weighted by atomic mass is 19.1. The highest BCUT2D eigenvalue weighted by Crippen LogP contribution is 2.42. The van der Waals surface area contributed by atoms with Crippen molar-refractivity contribution >= 4 is 11.7 Å². The van der Waals surface area contributed by atoms with E-state index in [9.17, 15) is 9.18 Å². The smallest absolute Gasteiger partial charge is 0.236 e. The molecule has 2 rings (SSSR count). The van der Waals surface area contributed by atoms with Gasteiger partial charge in [0.25, 0.3) is 0 Å². The van der Waals surface area contributed by atoms with Gasteiger partial charge in [0.05, 0.1) is 0 Å². The molecule has 1 aromatic rings. The van der Waals surface area contributed by atoms with E-state index < -0.39 is 5.41 Å². The van der Waals surface area contributed by atoms with Crippen molar-refractivity contribution in [2.45, 2.75) is 25.8 Å². The average Bonchev–Trinajstić information content (AvgIpc) is 2.39. The maximum Gasteiger partial charge on any atom is 0.236 e. The van der Waals surface area contributed by atoms with Crippen LogP contribution < -0.4 is 5.73 Å². The number of halogens is 1. The first-order chi connectivity index (χ1) is 9.49. The molecule has 0 saturated heterocycles. The highest BCUT2D eigenvalue weighted by Gasteiger charge is 2.49. The average molecular weight is 279 g/mol. The summed E-state index contributed by atoms with van der Waals surface area (Å²) in [5.41, 5.74) is 5.63. The van der Waals surface area contributed by atoms with Crippen LogP contribution >= 0.6 is 0 Å². The Kier molecular flexibility index (Phi) is 3.92. The van der Waals surface area contributed by atoms with Crippen LogP contribution in [0.4, 0.5) is 4.39 Å². The summed E-state index contributed by atoms with van der Waals surface area (Å²) in [6.07, 6.45) is 2.07. The van der Waals surface area contributed by atoms with E-state index in [1.165, 1.54) is 17.0 Å². The monoisotopic (exact) mass is 279 g/mol. The van der Waals surface area contributed by atoms with Crippen LogP contribution in [0, 0.1) is 11.2 Å². The molecule has 0 aromatic heterocycles. The van der Waals surface area contributed by atoms with Gasteiger partial charge in [-0.05, 0) is 30.5 Å². The number of amidine groups is 1. The molecule has 0 unspecified atom stereocenters. The van der Waals surface area contributed by atoms with Gasteiger partial charge in [0, 0.05) is 13.6 Å². The lowest BCUT2D eigenvalue weighted by Gasteiger charge is -2.41. The number of benzene rings is 1. The van der Waals surface area contributed by atoms with Crippen LogP contribution in [0.2, 0.25) is 0 Å². The molecule has 1 aromatic carbocycles. The SMILES string of the molecule is CN(Cc1ccc(F)cc1)C(=O)C1(/C(N)=N/O)CCC1. The summed E-state index contributed by atoms with van der Waals surface area (Å²) in [4.78, 5) is 14.0. The molecule has 6 heteroatoms. The van der Waals surface area contributed by atoms with Gasteiger partial charge in [-0.3, -0.25) is 4.79 Å². The molecule has 1 aliphatic rings. The summed E-state index contributed by atoms with van der Waals surface area (Å²) in [7, 11) is 1.66. The van der Waals surface area contributed by atoms with Gasteiger partial charge in [-0.2, -0.15) is 0 Å². The molecular formula is C14H18FN3O2. The molecule has 108 valence electrons. The lowest BCUT2D eigenvalue weighted by Crippen LogP contribution is -2.54. The van der Waals surface area contributed by atoms with Gasteiger partial charge in [-0.1, -0.05) is 23.7 Å². The predicted octanol–water partition coefficient (Wildman–Crippen LogP) is 1.70. The number of hydrogen-bond donors (Lipinski definition) is 2. The third kappa shape index (κ3) is 2.45. The summed E-state index contributed by atoms with van der Waals surface area (Å²) in [5.74, 6) is -0.502. The van der Waals surface area contributed by atoms with Gasteiger partial charge in [0.1, 0.15) is 11.2 Å². The van der Waals surface area contributed by atoms with E-state index in [0.29, 0.717) is 19.4 Å². The lowest BCUT2D eigenvalue weighted by atomic mass is 9.67. The van der Waals surface area contributed by atoms with Crippen LogP contribution in [0.1, 0.15) is 24.8 Å². The molecule has 0 radical (unpaired) electrons. The topological polar surface area (TPSA) is 78.9 Å². The van der Waals surface area contributed by atoms with Crippen LogP contribution in [0.3, 0.4) is 0 Å². The van der Waals surface area contributed by atoms with Gasteiger partial charge in [0.2, 0.25) is 5.91 Å². The van der Waals surface area contributed by atoms with Gasteiger partial charge >= 0.3 is 0 Å². The molecule has 0 bridgehead atoms. The van der Waals surface area contributed by atoms with E-state index in [2.05, 4.69) is 5.16 Å². The van der Waals surface area contributed by atoms with Crippen LogP contribution in [0.5, 0.6) is 0 Å². The van der Waals surface area contributed by atoms with Crippen molar-refractivity contribution in [1.29, 1.82) is 0 Å². The van der Waals surface area contributed by atoms with Crippen molar-refractivity contribution < 1.29 is 14.4 Å². The highest BCUT2D eigenvalue weighted by molar-refractivity contribution is 6.07. The minimum absolute atomic E-state index is 0.0280. The van der Waals surface area contributed by atoms with Gasteiger partial charge < -0.3 is 15.8 Å². The van der Waals surface area contributed by atoms with Crippen molar-refractivity contribution in [3.05, 3.63) is 35.6 Å². The third-order valence-corrected chi connectivity index (χ3v) is 3.89. The molecule has 3 N–H and O–H groups in total. The Hall–Kier alpha value is -2.11. The number of oxime groups is 1. The fraction of sp³-hybridized carbons (Fsp3) is 0.429. The van der Waals surface area contributed by atoms with Crippen LogP contribution in [0.25, 0.3) is 0 Å². The van der Waals surface area contributed by atoms with E-state index in [4.69, 9.17) is 10.9 Å². The Labute approximate surface area is 116 Å². The van der Waals surface area contributed by atoms with E-state index in [-0.39, 0.29) is 17.6 Å². The summed E-state index contributed by atoms with van der Waals surface area (Å²) in [6.45, 7) is 0.361. The Balaban J connectivity index is 2.10. The Bertz CT molecular complexity index is 524. The summed E-state index contributed by atoms with van der Waals surface area (Å²) in [6, 6.07) is 5.98. The lowest BCUT2D eigenvalue weighted by molar-refractivity contribution is -0.141. The molecule has 1 amide bonds. The largest absolute Gasteiger partial charge is 0.409 e. The summed E-state index contributed by atoms with van der Waals surface area (Å²) < 4.78 is 12.8.